The molecular formula is C22H30N2O4. The van der Waals surface area contributed by atoms with Gasteiger partial charge in [0.1, 0.15) is 5.75 Å². The van der Waals surface area contributed by atoms with E-state index in [1.807, 2.05) is 24.3 Å². The highest BCUT2D eigenvalue weighted by molar-refractivity contribution is 5.41. The molecular weight excluding hydrogens is 356 g/mol. The van der Waals surface area contributed by atoms with Gasteiger partial charge in [-0.05, 0) is 41.8 Å². The number of rotatable bonds is 8. The summed E-state index contributed by atoms with van der Waals surface area (Å²) in [6.07, 6.45) is 0.749. The van der Waals surface area contributed by atoms with Gasteiger partial charge in [-0.1, -0.05) is 18.2 Å². The molecule has 1 saturated heterocycles. The summed E-state index contributed by atoms with van der Waals surface area (Å²) in [5.74, 6) is 1.53. The predicted molar refractivity (Wildman–Crippen MR) is 109 cm³/mol. The molecule has 3 rings (SSSR count). The second-order valence-electron chi connectivity index (χ2n) is 7.23. The van der Waals surface area contributed by atoms with Gasteiger partial charge < -0.3 is 19.7 Å². The number of phenols is 1. The molecule has 0 bridgehead atoms. The summed E-state index contributed by atoms with van der Waals surface area (Å²) in [5.41, 5.74) is 2.33. The van der Waals surface area contributed by atoms with Gasteiger partial charge in [0.05, 0.1) is 14.2 Å². The average molecular weight is 386 g/mol. The van der Waals surface area contributed by atoms with Crippen LogP contribution in [0.5, 0.6) is 17.2 Å². The largest absolute Gasteiger partial charge is 0.504 e. The first-order chi connectivity index (χ1) is 13.6. The highest BCUT2D eigenvalue weighted by atomic mass is 16.5. The van der Waals surface area contributed by atoms with Crippen molar-refractivity contribution in [2.75, 3.05) is 40.5 Å². The smallest absolute Gasteiger partial charge is 0.160 e. The van der Waals surface area contributed by atoms with Crippen molar-refractivity contribution in [3.05, 3.63) is 53.6 Å². The van der Waals surface area contributed by atoms with Crippen molar-refractivity contribution in [2.24, 2.45) is 0 Å². The van der Waals surface area contributed by atoms with Gasteiger partial charge in [-0.15, -0.1) is 0 Å². The lowest BCUT2D eigenvalue weighted by molar-refractivity contribution is 0.0499. The molecule has 1 aliphatic rings. The quantitative estimate of drug-likeness (QED) is 0.727. The van der Waals surface area contributed by atoms with Gasteiger partial charge in [-0.2, -0.15) is 0 Å². The predicted octanol–water partition coefficient (Wildman–Crippen LogP) is 2.48. The van der Waals surface area contributed by atoms with Crippen LogP contribution in [0.4, 0.5) is 0 Å². The second kappa shape index (κ2) is 9.78. The number of phenolic OH excluding ortho intramolecular Hbond substituents is 1. The molecule has 0 radical (unpaired) electrons. The Morgan fingerprint density at radius 1 is 1.00 bits per heavy atom. The molecule has 152 valence electrons. The van der Waals surface area contributed by atoms with Crippen LogP contribution in [0.25, 0.3) is 0 Å². The number of hydrogen-bond donors (Lipinski definition) is 2. The lowest BCUT2D eigenvalue weighted by Gasteiger charge is -2.41. The molecule has 1 atom stereocenters. The Morgan fingerprint density at radius 3 is 2.57 bits per heavy atom. The van der Waals surface area contributed by atoms with Gasteiger partial charge in [0.25, 0.3) is 0 Å². The van der Waals surface area contributed by atoms with Crippen molar-refractivity contribution in [3.63, 3.8) is 0 Å². The third-order valence-electron chi connectivity index (χ3n) is 5.32. The number of aliphatic hydroxyl groups is 1. The van der Waals surface area contributed by atoms with Gasteiger partial charge in [-0.25, -0.2) is 0 Å². The Bertz CT molecular complexity index is 768. The summed E-state index contributed by atoms with van der Waals surface area (Å²) in [6.45, 7) is 4.62. The monoisotopic (exact) mass is 386 g/mol. The van der Waals surface area contributed by atoms with E-state index in [4.69, 9.17) is 9.47 Å². The Labute approximate surface area is 166 Å². The normalized spacial score (nSPS) is 18.2. The van der Waals surface area contributed by atoms with E-state index in [1.54, 1.807) is 20.3 Å². The van der Waals surface area contributed by atoms with Crippen molar-refractivity contribution in [1.82, 2.24) is 9.80 Å². The van der Waals surface area contributed by atoms with Crippen LogP contribution in [0.3, 0.4) is 0 Å². The number of benzene rings is 2. The average Bonchev–Trinajstić information content (AvgIpc) is 2.71. The van der Waals surface area contributed by atoms with E-state index in [2.05, 4.69) is 21.9 Å². The highest BCUT2D eigenvalue weighted by Crippen LogP contribution is 2.27. The van der Waals surface area contributed by atoms with Gasteiger partial charge in [0.15, 0.2) is 11.5 Å². The van der Waals surface area contributed by atoms with Crippen molar-refractivity contribution in [3.8, 4) is 17.2 Å². The molecule has 1 heterocycles. The van der Waals surface area contributed by atoms with E-state index in [-0.39, 0.29) is 12.4 Å². The maximum Gasteiger partial charge on any atom is 0.160 e. The number of methoxy groups -OCH3 is 2. The third-order valence-corrected chi connectivity index (χ3v) is 5.32. The first kappa shape index (κ1) is 20.5. The van der Waals surface area contributed by atoms with Gasteiger partial charge in [-0.3, -0.25) is 9.80 Å². The maximum absolute atomic E-state index is 9.78. The summed E-state index contributed by atoms with van der Waals surface area (Å²) in [5, 5.41) is 19.3. The molecule has 2 N–H and O–H groups in total. The molecule has 0 saturated carbocycles. The zero-order valence-corrected chi connectivity index (χ0v) is 16.7. The molecule has 0 spiro atoms. The summed E-state index contributed by atoms with van der Waals surface area (Å²) >= 11 is 0. The minimum Gasteiger partial charge on any atom is -0.504 e. The lowest BCUT2D eigenvalue weighted by Crippen LogP contribution is -2.52. The zero-order valence-electron chi connectivity index (χ0n) is 16.7. The summed E-state index contributed by atoms with van der Waals surface area (Å²) in [6, 6.07) is 14.0. The number of aromatic hydroxyl groups is 1. The van der Waals surface area contributed by atoms with Crippen LogP contribution in [0, 0.1) is 0 Å². The summed E-state index contributed by atoms with van der Waals surface area (Å²) < 4.78 is 10.6. The van der Waals surface area contributed by atoms with Crippen molar-refractivity contribution < 1.29 is 19.7 Å². The molecule has 2 aromatic carbocycles. The van der Waals surface area contributed by atoms with E-state index >= 15 is 0 Å². The number of aliphatic hydroxyl groups excluding tert-OH is 1. The fraction of sp³-hybridized carbons (Fsp3) is 0.455. The van der Waals surface area contributed by atoms with Crippen LogP contribution in [0.1, 0.15) is 17.5 Å². The molecule has 0 aliphatic carbocycles. The molecule has 1 aliphatic heterocycles. The van der Waals surface area contributed by atoms with E-state index in [1.165, 1.54) is 5.56 Å². The molecule has 0 aromatic heterocycles. The van der Waals surface area contributed by atoms with E-state index in [0.717, 1.165) is 50.5 Å². The molecule has 2 aromatic rings. The molecule has 1 fully saturated rings. The van der Waals surface area contributed by atoms with Crippen molar-refractivity contribution in [2.45, 2.75) is 25.6 Å². The number of nitrogens with zero attached hydrogens (tertiary/aromatic N) is 2. The SMILES string of the molecule is COc1cccc(CN2CCN(Cc3ccc(O)c(OC)c3)C[C@H]2CCO)c1. The van der Waals surface area contributed by atoms with Gasteiger partial charge in [0.2, 0.25) is 0 Å². The number of ether oxygens (including phenoxy) is 2. The van der Waals surface area contributed by atoms with E-state index in [9.17, 15) is 10.2 Å². The number of hydrogen-bond acceptors (Lipinski definition) is 6. The number of piperazine rings is 1. The molecule has 0 amide bonds. The first-order valence-corrected chi connectivity index (χ1v) is 9.69. The van der Waals surface area contributed by atoms with Crippen LogP contribution in [0.2, 0.25) is 0 Å². The maximum atomic E-state index is 9.78. The zero-order chi connectivity index (χ0) is 19.9. The first-order valence-electron chi connectivity index (χ1n) is 9.69. The van der Waals surface area contributed by atoms with Gasteiger partial charge in [0, 0.05) is 45.4 Å². The second-order valence-corrected chi connectivity index (χ2v) is 7.23. The Hall–Kier alpha value is -2.28. The summed E-state index contributed by atoms with van der Waals surface area (Å²) in [7, 11) is 3.25. The minimum absolute atomic E-state index is 0.160. The topological polar surface area (TPSA) is 65.4 Å². The lowest BCUT2D eigenvalue weighted by atomic mass is 10.1. The standard InChI is InChI=1S/C22H30N2O4/c1-27-20-5-3-4-17(12-20)15-24-10-9-23(16-19(24)8-11-25)14-18-6-7-21(26)22(13-18)28-2/h3-7,12-13,19,25-26H,8-11,14-16H2,1-2H3/t19-/m1/s1. The highest BCUT2D eigenvalue weighted by Gasteiger charge is 2.26. The summed E-state index contributed by atoms with van der Waals surface area (Å²) in [4.78, 5) is 4.84. The molecule has 0 unspecified atom stereocenters. The fourth-order valence-electron chi connectivity index (χ4n) is 3.82. The van der Waals surface area contributed by atoms with E-state index < -0.39 is 0 Å². The van der Waals surface area contributed by atoms with Crippen molar-refractivity contribution >= 4 is 0 Å². The third kappa shape index (κ3) is 5.16. The van der Waals surface area contributed by atoms with Crippen LogP contribution >= 0.6 is 0 Å². The molecule has 28 heavy (non-hydrogen) atoms. The Morgan fingerprint density at radius 2 is 1.82 bits per heavy atom. The molecule has 6 nitrogen and oxygen atoms in total. The van der Waals surface area contributed by atoms with E-state index in [0.29, 0.717) is 11.8 Å². The van der Waals surface area contributed by atoms with Crippen LogP contribution < -0.4 is 9.47 Å². The molecule has 6 heteroatoms. The van der Waals surface area contributed by atoms with Crippen LogP contribution in [0.15, 0.2) is 42.5 Å². The Kier molecular flexibility index (Phi) is 7.14. The van der Waals surface area contributed by atoms with Crippen LogP contribution in [-0.2, 0) is 13.1 Å². The van der Waals surface area contributed by atoms with Gasteiger partial charge >= 0.3 is 0 Å². The van der Waals surface area contributed by atoms with Crippen molar-refractivity contribution in [1.29, 1.82) is 0 Å². The minimum atomic E-state index is 0.160. The Balaban J connectivity index is 1.64. The fourth-order valence-corrected chi connectivity index (χ4v) is 3.82. The van der Waals surface area contributed by atoms with Crippen LogP contribution in [-0.4, -0.2) is 66.5 Å².